The molecule has 3 rings (SSSR count). The van der Waals surface area contributed by atoms with Crippen LogP contribution in [0, 0.1) is 0 Å². The lowest BCUT2D eigenvalue weighted by Gasteiger charge is -2.09. The topological polar surface area (TPSA) is 115 Å². The Morgan fingerprint density at radius 3 is 2.79 bits per heavy atom. The molecule has 0 aliphatic heterocycles. The molecule has 0 atom stereocenters. The van der Waals surface area contributed by atoms with Crippen molar-refractivity contribution in [1.82, 2.24) is 30.3 Å². The standard InChI is InChI=1S/C16H16BrN7O2S2/c1-2-24-12(7-18-14(26)10-5-3-4-6-11(10)17)21-23-16(24)27-8-13(25)20-15-22-19-9-28-15/h3-6,9H,2,7-8H2,1H3,(H,18,26)(H,20,22,25). The van der Waals surface area contributed by atoms with Gasteiger partial charge in [0.2, 0.25) is 11.0 Å². The third-order valence-electron chi connectivity index (χ3n) is 3.57. The van der Waals surface area contributed by atoms with E-state index in [0.29, 0.717) is 28.2 Å². The number of anilines is 1. The van der Waals surface area contributed by atoms with Crippen molar-refractivity contribution in [3.05, 3.63) is 45.6 Å². The molecule has 0 unspecified atom stereocenters. The fourth-order valence-corrected chi connectivity index (χ4v) is 4.03. The number of hydrogen-bond acceptors (Lipinski definition) is 8. The Morgan fingerprint density at radius 1 is 1.25 bits per heavy atom. The zero-order valence-electron chi connectivity index (χ0n) is 14.8. The number of amides is 2. The minimum Gasteiger partial charge on any atom is -0.345 e. The van der Waals surface area contributed by atoms with Crippen LogP contribution in [0.1, 0.15) is 23.1 Å². The number of carbonyl (C=O) groups is 2. The first-order valence-electron chi connectivity index (χ1n) is 8.22. The first kappa shape index (κ1) is 20.4. The second kappa shape index (κ2) is 9.75. The maximum absolute atomic E-state index is 12.3. The van der Waals surface area contributed by atoms with Gasteiger partial charge in [-0.25, -0.2) is 0 Å². The number of hydrogen-bond donors (Lipinski definition) is 2. The van der Waals surface area contributed by atoms with E-state index in [0.717, 1.165) is 4.47 Å². The van der Waals surface area contributed by atoms with E-state index < -0.39 is 0 Å². The second-order valence-electron chi connectivity index (χ2n) is 5.39. The molecule has 0 aliphatic carbocycles. The van der Waals surface area contributed by atoms with Gasteiger partial charge in [-0.05, 0) is 35.0 Å². The van der Waals surface area contributed by atoms with Crippen molar-refractivity contribution in [2.24, 2.45) is 0 Å². The number of benzene rings is 1. The Hall–Kier alpha value is -2.31. The summed E-state index contributed by atoms with van der Waals surface area (Å²) in [7, 11) is 0. The monoisotopic (exact) mass is 481 g/mol. The molecule has 0 spiro atoms. The number of rotatable bonds is 8. The molecule has 9 nitrogen and oxygen atoms in total. The van der Waals surface area contributed by atoms with Crippen LogP contribution in [0.4, 0.5) is 5.13 Å². The highest BCUT2D eigenvalue weighted by Crippen LogP contribution is 2.19. The van der Waals surface area contributed by atoms with E-state index in [1.54, 1.807) is 17.6 Å². The van der Waals surface area contributed by atoms with Crippen molar-refractivity contribution in [3.63, 3.8) is 0 Å². The molecule has 0 saturated carbocycles. The van der Waals surface area contributed by atoms with E-state index >= 15 is 0 Å². The van der Waals surface area contributed by atoms with Crippen molar-refractivity contribution < 1.29 is 9.59 Å². The van der Waals surface area contributed by atoms with E-state index in [9.17, 15) is 9.59 Å². The zero-order chi connectivity index (χ0) is 19.9. The number of thioether (sulfide) groups is 1. The van der Waals surface area contributed by atoms with Gasteiger partial charge in [-0.15, -0.1) is 20.4 Å². The van der Waals surface area contributed by atoms with Crippen LogP contribution in [0.15, 0.2) is 39.4 Å². The van der Waals surface area contributed by atoms with Crippen LogP contribution in [-0.2, 0) is 17.9 Å². The molecule has 2 N–H and O–H groups in total. The van der Waals surface area contributed by atoms with Gasteiger partial charge < -0.3 is 9.88 Å². The van der Waals surface area contributed by atoms with Crippen molar-refractivity contribution in [3.8, 4) is 0 Å². The predicted molar refractivity (Wildman–Crippen MR) is 110 cm³/mol. The summed E-state index contributed by atoms with van der Waals surface area (Å²) < 4.78 is 2.59. The summed E-state index contributed by atoms with van der Waals surface area (Å²) in [6.07, 6.45) is 0. The third-order valence-corrected chi connectivity index (χ3v) is 5.84. The van der Waals surface area contributed by atoms with Crippen LogP contribution in [0.5, 0.6) is 0 Å². The maximum Gasteiger partial charge on any atom is 0.252 e. The number of nitrogens with zero attached hydrogens (tertiary/aromatic N) is 5. The van der Waals surface area contributed by atoms with Gasteiger partial charge in [-0.1, -0.05) is 35.2 Å². The third kappa shape index (κ3) is 5.14. The van der Waals surface area contributed by atoms with Crippen LogP contribution in [0.2, 0.25) is 0 Å². The van der Waals surface area contributed by atoms with E-state index in [-0.39, 0.29) is 24.1 Å². The number of halogens is 1. The minimum atomic E-state index is -0.205. The first-order valence-corrected chi connectivity index (χ1v) is 10.9. The van der Waals surface area contributed by atoms with Gasteiger partial charge in [-0.2, -0.15) is 0 Å². The summed E-state index contributed by atoms with van der Waals surface area (Å²) in [4.78, 5) is 24.3. The molecule has 1 aromatic carbocycles. The van der Waals surface area contributed by atoms with Gasteiger partial charge in [0.15, 0.2) is 11.0 Å². The first-order chi connectivity index (χ1) is 13.6. The molecule has 3 aromatic rings. The fourth-order valence-electron chi connectivity index (χ4n) is 2.29. The Labute approximate surface area is 177 Å². The molecule has 0 saturated heterocycles. The van der Waals surface area contributed by atoms with Crippen molar-refractivity contribution >= 4 is 56.0 Å². The van der Waals surface area contributed by atoms with Gasteiger partial charge in [-0.3, -0.25) is 14.9 Å². The Bertz CT molecular complexity index is 962. The van der Waals surface area contributed by atoms with Crippen LogP contribution >= 0.6 is 39.0 Å². The molecular formula is C16H16BrN7O2S2. The normalized spacial score (nSPS) is 10.6. The molecule has 12 heteroatoms. The minimum absolute atomic E-state index is 0.168. The van der Waals surface area contributed by atoms with Gasteiger partial charge in [0, 0.05) is 11.0 Å². The summed E-state index contributed by atoms with van der Waals surface area (Å²) >= 11 is 5.89. The molecule has 0 aliphatic rings. The number of aromatic nitrogens is 5. The van der Waals surface area contributed by atoms with Crippen molar-refractivity contribution in [2.75, 3.05) is 11.1 Å². The Balaban J connectivity index is 1.58. The van der Waals surface area contributed by atoms with Gasteiger partial charge in [0.05, 0.1) is 17.9 Å². The average Bonchev–Trinajstić information content (AvgIpc) is 3.34. The van der Waals surface area contributed by atoms with Gasteiger partial charge in [0.1, 0.15) is 5.51 Å². The van der Waals surface area contributed by atoms with Crippen molar-refractivity contribution in [2.45, 2.75) is 25.2 Å². The molecule has 0 bridgehead atoms. The molecule has 0 radical (unpaired) electrons. The number of nitrogens with one attached hydrogen (secondary N) is 2. The predicted octanol–water partition coefficient (Wildman–Crippen LogP) is 2.57. The van der Waals surface area contributed by atoms with E-state index in [4.69, 9.17) is 0 Å². The molecule has 2 amide bonds. The van der Waals surface area contributed by atoms with Crippen LogP contribution in [-0.4, -0.2) is 42.5 Å². The van der Waals surface area contributed by atoms with E-state index in [2.05, 4.69) is 47.0 Å². The lowest BCUT2D eigenvalue weighted by atomic mass is 10.2. The van der Waals surface area contributed by atoms with Gasteiger partial charge >= 0.3 is 0 Å². The fraction of sp³-hybridized carbons (Fsp3) is 0.250. The summed E-state index contributed by atoms with van der Waals surface area (Å²) in [5, 5.41) is 22.3. The second-order valence-corrected chi connectivity index (χ2v) is 8.02. The highest BCUT2D eigenvalue weighted by molar-refractivity contribution is 9.10. The molecule has 28 heavy (non-hydrogen) atoms. The molecule has 0 fully saturated rings. The summed E-state index contributed by atoms with van der Waals surface area (Å²) in [5.74, 6) is 0.385. The summed E-state index contributed by atoms with van der Waals surface area (Å²) in [6.45, 7) is 2.81. The summed E-state index contributed by atoms with van der Waals surface area (Å²) in [5.41, 5.74) is 2.10. The van der Waals surface area contributed by atoms with Crippen LogP contribution < -0.4 is 10.6 Å². The maximum atomic E-state index is 12.3. The van der Waals surface area contributed by atoms with E-state index in [1.165, 1.54) is 23.1 Å². The largest absolute Gasteiger partial charge is 0.345 e. The highest BCUT2D eigenvalue weighted by atomic mass is 79.9. The highest BCUT2D eigenvalue weighted by Gasteiger charge is 2.15. The average molecular weight is 482 g/mol. The smallest absolute Gasteiger partial charge is 0.252 e. The van der Waals surface area contributed by atoms with Crippen LogP contribution in [0.3, 0.4) is 0 Å². The van der Waals surface area contributed by atoms with Crippen molar-refractivity contribution in [1.29, 1.82) is 0 Å². The number of carbonyl (C=O) groups excluding carboxylic acids is 2. The quantitative estimate of drug-likeness (QED) is 0.475. The SMILES string of the molecule is CCn1c(CNC(=O)c2ccccc2Br)nnc1SCC(=O)Nc1nncs1. The summed E-state index contributed by atoms with van der Waals surface area (Å²) in [6, 6.07) is 7.20. The molecular weight excluding hydrogens is 466 g/mol. The molecule has 2 aromatic heterocycles. The lowest BCUT2D eigenvalue weighted by Crippen LogP contribution is -2.25. The lowest BCUT2D eigenvalue weighted by molar-refractivity contribution is -0.113. The Morgan fingerprint density at radius 2 is 2.07 bits per heavy atom. The van der Waals surface area contributed by atoms with Gasteiger partial charge in [0.25, 0.3) is 5.91 Å². The molecule has 146 valence electrons. The Kier molecular flexibility index (Phi) is 7.12. The zero-order valence-corrected chi connectivity index (χ0v) is 18.0. The van der Waals surface area contributed by atoms with E-state index in [1.807, 2.05) is 23.6 Å². The van der Waals surface area contributed by atoms with Crippen LogP contribution in [0.25, 0.3) is 0 Å². The molecule has 2 heterocycles.